The first-order chi connectivity index (χ1) is 16.2. The van der Waals surface area contributed by atoms with Crippen LogP contribution in [0.2, 0.25) is 0 Å². The summed E-state index contributed by atoms with van der Waals surface area (Å²) in [6.45, 7) is 4.19. The normalized spacial score (nSPS) is 10.8. The molecule has 0 fully saturated rings. The van der Waals surface area contributed by atoms with Crippen molar-refractivity contribution < 1.29 is 14.3 Å². The number of nitrogens with one attached hydrogen (secondary N) is 1. The van der Waals surface area contributed by atoms with Crippen LogP contribution in [-0.2, 0) is 16.1 Å². The molecule has 1 amide bonds. The third kappa shape index (κ3) is 5.94. The van der Waals surface area contributed by atoms with Gasteiger partial charge in [-0.1, -0.05) is 60.7 Å². The van der Waals surface area contributed by atoms with E-state index >= 15 is 0 Å². The predicted octanol–water partition coefficient (Wildman–Crippen LogP) is 5.34. The first kappa shape index (κ1) is 22.5. The fourth-order valence-electron chi connectivity index (χ4n) is 3.45. The standard InChI is InChI=1S/C27H27N3O3/c1-2-32-16-17-33-20-21-10-9-13-23(18-21)28-27(31)25-19-30(24-14-7-4-8-15-24)29-26(25)22-11-5-3-6-12-22/h3-15,18-19H,2,16-17,20H2,1H3,(H,28,31). The number of rotatable bonds is 10. The van der Waals surface area contributed by atoms with Crippen molar-refractivity contribution in [3.05, 3.63) is 102 Å². The molecule has 0 atom stereocenters. The third-order valence-corrected chi connectivity index (χ3v) is 5.06. The number of anilines is 1. The van der Waals surface area contributed by atoms with E-state index in [0.29, 0.717) is 43.4 Å². The summed E-state index contributed by atoms with van der Waals surface area (Å²) in [5.41, 5.74) is 4.59. The van der Waals surface area contributed by atoms with Crippen LogP contribution in [0.3, 0.4) is 0 Å². The van der Waals surface area contributed by atoms with E-state index < -0.39 is 0 Å². The van der Waals surface area contributed by atoms with Gasteiger partial charge in [-0.25, -0.2) is 4.68 Å². The number of carbonyl (C=O) groups excluding carboxylic acids is 1. The topological polar surface area (TPSA) is 65.4 Å². The van der Waals surface area contributed by atoms with Crippen LogP contribution in [0.4, 0.5) is 5.69 Å². The Morgan fingerprint density at radius 3 is 2.39 bits per heavy atom. The van der Waals surface area contributed by atoms with Crippen molar-refractivity contribution in [2.24, 2.45) is 0 Å². The molecule has 0 bridgehead atoms. The summed E-state index contributed by atoms with van der Waals surface area (Å²) in [6, 6.07) is 27.1. The smallest absolute Gasteiger partial charge is 0.259 e. The highest BCUT2D eigenvalue weighted by Crippen LogP contribution is 2.25. The fourth-order valence-corrected chi connectivity index (χ4v) is 3.45. The SMILES string of the molecule is CCOCCOCc1cccc(NC(=O)c2cn(-c3ccccc3)nc2-c2ccccc2)c1. The minimum absolute atomic E-state index is 0.217. The Morgan fingerprint density at radius 2 is 1.64 bits per heavy atom. The average molecular weight is 442 g/mol. The highest BCUT2D eigenvalue weighted by atomic mass is 16.5. The zero-order valence-corrected chi connectivity index (χ0v) is 18.6. The van der Waals surface area contributed by atoms with E-state index in [1.165, 1.54) is 0 Å². The molecule has 0 saturated carbocycles. The first-order valence-corrected chi connectivity index (χ1v) is 11.0. The summed E-state index contributed by atoms with van der Waals surface area (Å²) in [5.74, 6) is -0.217. The van der Waals surface area contributed by atoms with E-state index in [0.717, 1.165) is 16.8 Å². The lowest BCUT2D eigenvalue weighted by molar-refractivity contribution is 0.0453. The third-order valence-electron chi connectivity index (χ3n) is 5.06. The summed E-state index contributed by atoms with van der Waals surface area (Å²) in [7, 11) is 0. The molecule has 33 heavy (non-hydrogen) atoms. The maximum absolute atomic E-state index is 13.3. The summed E-state index contributed by atoms with van der Waals surface area (Å²) in [6.07, 6.45) is 1.77. The van der Waals surface area contributed by atoms with Gasteiger partial charge in [0.2, 0.25) is 0 Å². The highest BCUT2D eigenvalue weighted by Gasteiger charge is 2.19. The van der Waals surface area contributed by atoms with Crippen LogP contribution in [0.25, 0.3) is 16.9 Å². The minimum Gasteiger partial charge on any atom is -0.379 e. The number of amides is 1. The lowest BCUT2D eigenvalue weighted by Gasteiger charge is -2.09. The fraction of sp³-hybridized carbons (Fsp3) is 0.185. The largest absolute Gasteiger partial charge is 0.379 e. The summed E-state index contributed by atoms with van der Waals surface area (Å²) >= 11 is 0. The molecule has 0 aliphatic carbocycles. The van der Waals surface area contributed by atoms with E-state index in [2.05, 4.69) is 5.32 Å². The van der Waals surface area contributed by atoms with Crippen LogP contribution in [0, 0.1) is 0 Å². The molecular weight excluding hydrogens is 414 g/mol. The van der Waals surface area contributed by atoms with Gasteiger partial charge in [-0.3, -0.25) is 4.79 Å². The Balaban J connectivity index is 1.54. The Labute approximate surface area is 193 Å². The van der Waals surface area contributed by atoms with Crippen LogP contribution in [0.1, 0.15) is 22.8 Å². The molecule has 1 N–H and O–H groups in total. The minimum atomic E-state index is -0.217. The van der Waals surface area contributed by atoms with Gasteiger partial charge in [0, 0.05) is 24.1 Å². The van der Waals surface area contributed by atoms with Gasteiger partial charge in [0.05, 0.1) is 31.1 Å². The maximum atomic E-state index is 13.3. The molecule has 0 unspecified atom stereocenters. The van der Waals surface area contributed by atoms with Crippen molar-refractivity contribution in [3.63, 3.8) is 0 Å². The molecule has 0 aliphatic rings. The van der Waals surface area contributed by atoms with E-state index in [1.807, 2.05) is 91.9 Å². The molecule has 4 aromatic rings. The Kier molecular flexibility index (Phi) is 7.64. The molecule has 1 aromatic heterocycles. The summed E-state index contributed by atoms with van der Waals surface area (Å²) < 4.78 is 12.7. The predicted molar refractivity (Wildman–Crippen MR) is 130 cm³/mol. The van der Waals surface area contributed by atoms with Gasteiger partial charge < -0.3 is 14.8 Å². The van der Waals surface area contributed by atoms with Crippen LogP contribution in [-0.4, -0.2) is 35.5 Å². The van der Waals surface area contributed by atoms with E-state index in [9.17, 15) is 4.79 Å². The lowest BCUT2D eigenvalue weighted by atomic mass is 10.1. The molecule has 6 heteroatoms. The van der Waals surface area contributed by atoms with Crippen molar-refractivity contribution in [2.75, 3.05) is 25.1 Å². The second kappa shape index (κ2) is 11.2. The molecule has 0 aliphatic heterocycles. The van der Waals surface area contributed by atoms with Gasteiger partial charge in [0.1, 0.15) is 5.69 Å². The summed E-state index contributed by atoms with van der Waals surface area (Å²) in [4.78, 5) is 13.3. The number of carbonyl (C=O) groups is 1. The molecule has 0 radical (unpaired) electrons. The number of nitrogens with zero attached hydrogens (tertiary/aromatic N) is 2. The lowest BCUT2D eigenvalue weighted by Crippen LogP contribution is -2.12. The van der Waals surface area contributed by atoms with Crippen molar-refractivity contribution in [2.45, 2.75) is 13.5 Å². The van der Waals surface area contributed by atoms with Gasteiger partial charge >= 0.3 is 0 Å². The number of benzene rings is 3. The second-order valence-corrected chi connectivity index (χ2v) is 7.44. The number of hydrogen-bond donors (Lipinski definition) is 1. The van der Waals surface area contributed by atoms with E-state index in [4.69, 9.17) is 14.6 Å². The van der Waals surface area contributed by atoms with Crippen LogP contribution >= 0.6 is 0 Å². The first-order valence-electron chi connectivity index (χ1n) is 11.0. The monoisotopic (exact) mass is 441 g/mol. The molecular formula is C27H27N3O3. The van der Waals surface area contributed by atoms with Crippen molar-refractivity contribution in [1.29, 1.82) is 0 Å². The molecule has 1 heterocycles. The van der Waals surface area contributed by atoms with Crippen LogP contribution < -0.4 is 5.32 Å². The quantitative estimate of drug-likeness (QED) is 0.337. The Bertz CT molecular complexity index is 1170. The molecule has 0 spiro atoms. The second-order valence-electron chi connectivity index (χ2n) is 7.44. The molecule has 168 valence electrons. The van der Waals surface area contributed by atoms with Gasteiger partial charge in [0.25, 0.3) is 5.91 Å². The molecule has 6 nitrogen and oxygen atoms in total. The van der Waals surface area contributed by atoms with Crippen molar-refractivity contribution in [1.82, 2.24) is 9.78 Å². The van der Waals surface area contributed by atoms with Gasteiger partial charge in [-0.2, -0.15) is 5.10 Å². The zero-order chi connectivity index (χ0) is 22.9. The molecule has 4 rings (SSSR count). The summed E-state index contributed by atoms with van der Waals surface area (Å²) in [5, 5.41) is 7.73. The average Bonchev–Trinajstić information content (AvgIpc) is 3.31. The maximum Gasteiger partial charge on any atom is 0.259 e. The van der Waals surface area contributed by atoms with Crippen LogP contribution in [0.15, 0.2) is 91.1 Å². The number of hydrogen-bond acceptors (Lipinski definition) is 4. The number of aromatic nitrogens is 2. The van der Waals surface area contributed by atoms with Crippen LogP contribution in [0.5, 0.6) is 0 Å². The molecule has 3 aromatic carbocycles. The highest BCUT2D eigenvalue weighted by molar-refractivity contribution is 6.08. The van der Waals surface area contributed by atoms with Crippen molar-refractivity contribution >= 4 is 11.6 Å². The number of para-hydroxylation sites is 1. The Morgan fingerprint density at radius 1 is 0.909 bits per heavy atom. The van der Waals surface area contributed by atoms with E-state index in [1.54, 1.807) is 10.9 Å². The van der Waals surface area contributed by atoms with Crippen molar-refractivity contribution in [3.8, 4) is 16.9 Å². The van der Waals surface area contributed by atoms with Gasteiger partial charge in [0.15, 0.2) is 0 Å². The van der Waals surface area contributed by atoms with Gasteiger partial charge in [-0.15, -0.1) is 0 Å². The molecule has 0 saturated heterocycles. The van der Waals surface area contributed by atoms with Gasteiger partial charge in [-0.05, 0) is 36.8 Å². The number of ether oxygens (including phenoxy) is 2. The van der Waals surface area contributed by atoms with E-state index in [-0.39, 0.29) is 5.91 Å². The zero-order valence-electron chi connectivity index (χ0n) is 18.6. The Hall–Kier alpha value is -3.74.